The third-order valence-corrected chi connectivity index (χ3v) is 4.64. The van der Waals surface area contributed by atoms with E-state index < -0.39 is 0 Å². The van der Waals surface area contributed by atoms with Gasteiger partial charge in [-0.2, -0.15) is 5.10 Å². The Labute approximate surface area is 125 Å². The lowest BCUT2D eigenvalue weighted by Crippen LogP contribution is -2.15. The maximum Gasteiger partial charge on any atom is 0.0629 e. The van der Waals surface area contributed by atoms with Crippen LogP contribution in [0.15, 0.2) is 44.9 Å². The Morgan fingerprint density at radius 1 is 1.47 bits per heavy atom. The summed E-state index contributed by atoms with van der Waals surface area (Å²) in [6, 6.07) is 7.22. The lowest BCUT2D eigenvalue weighted by atomic mass is 10.2. The van der Waals surface area contributed by atoms with Gasteiger partial charge in [0.05, 0.1) is 11.1 Å². The van der Waals surface area contributed by atoms with E-state index in [0.717, 1.165) is 17.1 Å². The Kier molecular flexibility index (Phi) is 3.96. The van der Waals surface area contributed by atoms with Gasteiger partial charge in [-0.1, -0.05) is 33.8 Å². The monoisotopic (exact) mass is 337 g/mol. The lowest BCUT2D eigenvalue weighted by molar-refractivity contribution is 0.680. The first kappa shape index (κ1) is 13.2. The number of aromatic nitrogens is 2. The van der Waals surface area contributed by atoms with E-state index >= 15 is 0 Å². The fraction of sp³-hybridized carbons (Fsp3) is 0.357. The van der Waals surface area contributed by atoms with Gasteiger partial charge in [-0.15, -0.1) is 0 Å². The van der Waals surface area contributed by atoms with Crippen molar-refractivity contribution < 1.29 is 0 Å². The summed E-state index contributed by atoms with van der Waals surface area (Å²) < 4.78 is 2.96. The highest BCUT2D eigenvalue weighted by atomic mass is 79.9. The smallest absolute Gasteiger partial charge is 0.0629 e. The van der Waals surface area contributed by atoms with Crippen LogP contribution in [0.4, 0.5) is 0 Å². The molecule has 1 aromatic heterocycles. The van der Waals surface area contributed by atoms with Crippen molar-refractivity contribution in [1.29, 1.82) is 0 Å². The molecule has 5 heteroatoms. The standard InChI is InChI=1S/C14H16BrN3S/c1-18-9-13(8-17-18)19-14-6-11(15)3-2-10(14)7-16-12-4-5-12/h2-3,6,8-9,12,16H,4-5,7H2,1H3. The van der Waals surface area contributed by atoms with E-state index in [1.54, 1.807) is 11.8 Å². The number of aryl methyl sites for hydroxylation is 1. The van der Waals surface area contributed by atoms with Gasteiger partial charge in [-0.3, -0.25) is 4.68 Å². The summed E-state index contributed by atoms with van der Waals surface area (Å²) in [5, 5.41) is 7.79. The molecule has 1 aliphatic rings. The minimum atomic E-state index is 0.736. The van der Waals surface area contributed by atoms with E-state index in [0.29, 0.717) is 0 Å². The van der Waals surface area contributed by atoms with Gasteiger partial charge in [0, 0.05) is 35.2 Å². The van der Waals surface area contributed by atoms with Crippen LogP contribution in [0.3, 0.4) is 0 Å². The minimum Gasteiger partial charge on any atom is -0.310 e. The van der Waals surface area contributed by atoms with E-state index in [1.807, 2.05) is 24.1 Å². The molecule has 3 nitrogen and oxygen atoms in total. The zero-order valence-electron chi connectivity index (χ0n) is 10.8. The molecule has 1 saturated carbocycles. The van der Waals surface area contributed by atoms with Gasteiger partial charge in [0.25, 0.3) is 0 Å². The molecular formula is C14H16BrN3S. The van der Waals surface area contributed by atoms with Crippen LogP contribution in [0.2, 0.25) is 0 Å². The molecule has 0 unspecified atom stereocenters. The molecule has 0 saturated heterocycles. The topological polar surface area (TPSA) is 29.9 Å². The summed E-state index contributed by atoms with van der Waals surface area (Å²) in [5.74, 6) is 0. The number of hydrogen-bond acceptors (Lipinski definition) is 3. The van der Waals surface area contributed by atoms with Gasteiger partial charge < -0.3 is 5.32 Å². The molecule has 1 heterocycles. The molecule has 1 N–H and O–H groups in total. The van der Waals surface area contributed by atoms with Gasteiger partial charge in [-0.05, 0) is 30.5 Å². The summed E-state index contributed by atoms with van der Waals surface area (Å²) in [5.41, 5.74) is 1.35. The summed E-state index contributed by atoms with van der Waals surface area (Å²) in [7, 11) is 1.94. The van der Waals surface area contributed by atoms with E-state index in [4.69, 9.17) is 0 Å². The van der Waals surface area contributed by atoms with Crippen molar-refractivity contribution in [2.75, 3.05) is 0 Å². The molecular weight excluding hydrogens is 322 g/mol. The quantitative estimate of drug-likeness (QED) is 0.904. The van der Waals surface area contributed by atoms with Gasteiger partial charge >= 0.3 is 0 Å². The fourth-order valence-electron chi connectivity index (χ4n) is 1.89. The van der Waals surface area contributed by atoms with E-state index in [1.165, 1.54) is 28.2 Å². The normalized spacial score (nSPS) is 14.8. The highest BCUT2D eigenvalue weighted by molar-refractivity contribution is 9.10. The molecule has 0 spiro atoms. The molecule has 0 aliphatic heterocycles. The Bertz CT molecular complexity index is 578. The molecule has 0 bridgehead atoms. The molecule has 0 atom stereocenters. The van der Waals surface area contributed by atoms with Crippen molar-refractivity contribution in [3.8, 4) is 0 Å². The highest BCUT2D eigenvalue weighted by Crippen LogP contribution is 2.32. The third kappa shape index (κ3) is 3.61. The maximum atomic E-state index is 4.22. The van der Waals surface area contributed by atoms with Gasteiger partial charge in [0.15, 0.2) is 0 Å². The van der Waals surface area contributed by atoms with Crippen LogP contribution in [-0.2, 0) is 13.6 Å². The van der Waals surface area contributed by atoms with Crippen LogP contribution in [0.1, 0.15) is 18.4 Å². The molecule has 2 aromatic rings. The molecule has 100 valence electrons. The Balaban J connectivity index is 1.78. The van der Waals surface area contributed by atoms with Crippen molar-refractivity contribution >= 4 is 27.7 Å². The van der Waals surface area contributed by atoms with E-state index in [2.05, 4.69) is 44.5 Å². The fourth-order valence-corrected chi connectivity index (χ4v) is 3.42. The third-order valence-electron chi connectivity index (χ3n) is 3.10. The van der Waals surface area contributed by atoms with Gasteiger partial charge in [0.2, 0.25) is 0 Å². The number of rotatable bonds is 5. The largest absolute Gasteiger partial charge is 0.310 e. The van der Waals surface area contributed by atoms with Crippen LogP contribution < -0.4 is 5.32 Å². The molecule has 1 aliphatic carbocycles. The van der Waals surface area contributed by atoms with E-state index in [-0.39, 0.29) is 0 Å². The van der Waals surface area contributed by atoms with Crippen molar-refractivity contribution in [1.82, 2.24) is 15.1 Å². The molecule has 1 aromatic carbocycles. The molecule has 3 rings (SSSR count). The minimum absolute atomic E-state index is 0.736. The second kappa shape index (κ2) is 5.69. The maximum absolute atomic E-state index is 4.22. The number of nitrogens with zero attached hydrogens (tertiary/aromatic N) is 2. The zero-order valence-corrected chi connectivity index (χ0v) is 13.2. The van der Waals surface area contributed by atoms with Gasteiger partial charge in [-0.25, -0.2) is 0 Å². The highest BCUT2D eigenvalue weighted by Gasteiger charge is 2.20. The van der Waals surface area contributed by atoms with Crippen molar-refractivity contribution in [2.45, 2.75) is 35.2 Å². The summed E-state index contributed by atoms with van der Waals surface area (Å²) in [6.45, 7) is 0.945. The van der Waals surface area contributed by atoms with E-state index in [9.17, 15) is 0 Å². The number of benzene rings is 1. The summed E-state index contributed by atoms with van der Waals surface area (Å²) in [4.78, 5) is 2.46. The molecule has 0 amide bonds. The summed E-state index contributed by atoms with van der Waals surface area (Å²) in [6.07, 6.45) is 6.59. The Morgan fingerprint density at radius 2 is 2.32 bits per heavy atom. The first-order valence-corrected chi connectivity index (χ1v) is 8.00. The first-order chi connectivity index (χ1) is 9.20. The predicted octanol–water partition coefficient (Wildman–Crippen LogP) is 3.59. The van der Waals surface area contributed by atoms with Crippen LogP contribution >= 0.6 is 27.7 Å². The van der Waals surface area contributed by atoms with Crippen molar-refractivity contribution in [3.05, 3.63) is 40.6 Å². The Morgan fingerprint density at radius 3 is 3.00 bits per heavy atom. The second-order valence-electron chi connectivity index (χ2n) is 4.86. The van der Waals surface area contributed by atoms with Crippen LogP contribution in [0.5, 0.6) is 0 Å². The van der Waals surface area contributed by atoms with Gasteiger partial charge in [0.1, 0.15) is 0 Å². The average molecular weight is 338 g/mol. The predicted molar refractivity (Wildman–Crippen MR) is 81.3 cm³/mol. The Hall–Kier alpha value is -0.780. The zero-order chi connectivity index (χ0) is 13.2. The molecule has 1 fully saturated rings. The average Bonchev–Trinajstić information content (AvgIpc) is 3.12. The number of halogens is 1. The van der Waals surface area contributed by atoms with Crippen LogP contribution in [-0.4, -0.2) is 15.8 Å². The number of hydrogen-bond donors (Lipinski definition) is 1. The molecule has 19 heavy (non-hydrogen) atoms. The summed E-state index contributed by atoms with van der Waals surface area (Å²) >= 11 is 5.32. The lowest BCUT2D eigenvalue weighted by Gasteiger charge is -2.09. The molecule has 0 radical (unpaired) electrons. The van der Waals surface area contributed by atoms with Crippen LogP contribution in [0.25, 0.3) is 0 Å². The first-order valence-electron chi connectivity index (χ1n) is 6.39. The second-order valence-corrected chi connectivity index (χ2v) is 6.89. The SMILES string of the molecule is Cn1cc(Sc2cc(Br)ccc2CNC2CC2)cn1. The van der Waals surface area contributed by atoms with Crippen molar-refractivity contribution in [3.63, 3.8) is 0 Å². The van der Waals surface area contributed by atoms with Crippen molar-refractivity contribution in [2.24, 2.45) is 7.05 Å². The van der Waals surface area contributed by atoms with Crippen LogP contribution in [0, 0.1) is 0 Å². The number of nitrogens with one attached hydrogen (secondary N) is 1.